The number of hydrogen-bond donors (Lipinski definition) is 2. The number of carboxylic acids is 1. The highest BCUT2D eigenvalue weighted by Crippen LogP contribution is 2.08. The van der Waals surface area contributed by atoms with Crippen molar-refractivity contribution in [1.82, 2.24) is 5.32 Å². The van der Waals surface area contributed by atoms with E-state index in [1.807, 2.05) is 13.8 Å². The van der Waals surface area contributed by atoms with Crippen LogP contribution in [0.4, 0.5) is 0 Å². The number of carbonyl (C=O) groups excluding carboxylic acids is 2. The largest absolute Gasteiger partial charge is 0.480 e. The van der Waals surface area contributed by atoms with Crippen LogP contribution in [0.5, 0.6) is 0 Å². The van der Waals surface area contributed by atoms with E-state index in [2.05, 4.69) is 5.32 Å². The zero-order valence-corrected chi connectivity index (χ0v) is 11.8. The van der Waals surface area contributed by atoms with E-state index in [1.54, 1.807) is 12.1 Å². The van der Waals surface area contributed by atoms with Crippen LogP contribution in [0.3, 0.4) is 0 Å². The van der Waals surface area contributed by atoms with Crippen LogP contribution >= 0.6 is 0 Å². The third-order valence-corrected chi connectivity index (χ3v) is 2.86. The summed E-state index contributed by atoms with van der Waals surface area (Å²) in [4.78, 5) is 34.2. The SMILES string of the molecule is CC(=O)c1ccc(C(=O)NC(CC(C)C)C(=O)O)cc1. The molecule has 1 aromatic carbocycles. The minimum atomic E-state index is -1.05. The van der Waals surface area contributed by atoms with E-state index in [9.17, 15) is 14.4 Å². The number of rotatable bonds is 6. The van der Waals surface area contributed by atoms with Gasteiger partial charge in [-0.25, -0.2) is 4.79 Å². The van der Waals surface area contributed by atoms with Crippen LogP contribution < -0.4 is 5.32 Å². The van der Waals surface area contributed by atoms with Gasteiger partial charge in [0.1, 0.15) is 6.04 Å². The van der Waals surface area contributed by atoms with Crippen molar-refractivity contribution in [2.24, 2.45) is 5.92 Å². The number of carboxylic acid groups (broad SMARTS) is 1. The van der Waals surface area contributed by atoms with Crippen molar-refractivity contribution in [3.8, 4) is 0 Å². The Labute approximate surface area is 118 Å². The molecule has 0 fully saturated rings. The molecule has 0 aromatic heterocycles. The van der Waals surface area contributed by atoms with Gasteiger partial charge in [0.15, 0.2) is 5.78 Å². The van der Waals surface area contributed by atoms with E-state index in [1.165, 1.54) is 19.1 Å². The van der Waals surface area contributed by atoms with E-state index < -0.39 is 17.9 Å². The minimum absolute atomic E-state index is 0.0832. The molecule has 1 unspecified atom stereocenters. The summed E-state index contributed by atoms with van der Waals surface area (Å²) in [5.74, 6) is -1.42. The van der Waals surface area contributed by atoms with Gasteiger partial charge in [0.2, 0.25) is 0 Å². The van der Waals surface area contributed by atoms with Gasteiger partial charge in [0.05, 0.1) is 0 Å². The molecule has 0 saturated heterocycles. The molecule has 2 N–H and O–H groups in total. The van der Waals surface area contributed by atoms with Crippen LogP contribution in [0.25, 0.3) is 0 Å². The van der Waals surface area contributed by atoms with E-state index in [0.29, 0.717) is 17.5 Å². The molecule has 1 amide bonds. The zero-order valence-electron chi connectivity index (χ0n) is 11.8. The molecule has 0 aliphatic rings. The van der Waals surface area contributed by atoms with Gasteiger partial charge in [-0.2, -0.15) is 0 Å². The van der Waals surface area contributed by atoms with Gasteiger partial charge in [-0.05, 0) is 31.4 Å². The first-order chi connectivity index (χ1) is 9.31. The number of nitrogens with one attached hydrogen (secondary N) is 1. The Balaban J connectivity index is 2.78. The molecule has 0 bridgehead atoms. The van der Waals surface area contributed by atoms with Crippen molar-refractivity contribution in [3.63, 3.8) is 0 Å². The fraction of sp³-hybridized carbons (Fsp3) is 0.400. The third kappa shape index (κ3) is 4.50. The number of carbonyl (C=O) groups is 3. The number of benzene rings is 1. The molecule has 20 heavy (non-hydrogen) atoms. The Morgan fingerprint density at radius 1 is 1.10 bits per heavy atom. The van der Waals surface area contributed by atoms with Gasteiger partial charge in [-0.3, -0.25) is 9.59 Å². The Kier molecular flexibility index (Phi) is 5.43. The molecule has 1 aromatic rings. The molecule has 108 valence electrons. The molecule has 0 radical (unpaired) electrons. The van der Waals surface area contributed by atoms with Crippen molar-refractivity contribution < 1.29 is 19.5 Å². The lowest BCUT2D eigenvalue weighted by molar-refractivity contribution is -0.139. The van der Waals surface area contributed by atoms with E-state index >= 15 is 0 Å². The average molecular weight is 277 g/mol. The Hall–Kier alpha value is -2.17. The molecule has 0 heterocycles. The van der Waals surface area contributed by atoms with Gasteiger partial charge < -0.3 is 10.4 Å². The maximum Gasteiger partial charge on any atom is 0.326 e. The number of aliphatic carboxylic acids is 1. The number of ketones is 1. The number of Topliss-reactive ketones (excluding diaryl/α,β-unsaturated/α-hetero) is 1. The smallest absolute Gasteiger partial charge is 0.326 e. The zero-order chi connectivity index (χ0) is 15.3. The molecule has 0 aliphatic carbocycles. The van der Waals surface area contributed by atoms with Crippen LogP contribution in [0.1, 0.15) is 47.9 Å². The van der Waals surface area contributed by atoms with Crippen molar-refractivity contribution in [3.05, 3.63) is 35.4 Å². The van der Waals surface area contributed by atoms with Gasteiger partial charge in [0.25, 0.3) is 5.91 Å². The van der Waals surface area contributed by atoms with E-state index in [4.69, 9.17) is 5.11 Å². The summed E-state index contributed by atoms with van der Waals surface area (Å²) in [6.07, 6.45) is 0.368. The molecule has 5 nitrogen and oxygen atoms in total. The Morgan fingerprint density at radius 2 is 1.60 bits per heavy atom. The summed E-state index contributed by atoms with van der Waals surface area (Å²) in [5, 5.41) is 11.6. The first-order valence-electron chi connectivity index (χ1n) is 6.46. The standard InChI is InChI=1S/C15H19NO4/c1-9(2)8-13(15(19)20)16-14(18)12-6-4-11(5-7-12)10(3)17/h4-7,9,13H,8H2,1-3H3,(H,16,18)(H,19,20). The summed E-state index contributed by atoms with van der Waals surface area (Å²) in [6, 6.07) is 5.22. The van der Waals surface area contributed by atoms with Crippen LogP contribution in [-0.2, 0) is 4.79 Å². The highest BCUT2D eigenvalue weighted by Gasteiger charge is 2.21. The van der Waals surface area contributed by atoms with Gasteiger partial charge in [0, 0.05) is 11.1 Å². The third-order valence-electron chi connectivity index (χ3n) is 2.86. The van der Waals surface area contributed by atoms with Crippen LogP contribution in [0, 0.1) is 5.92 Å². The lowest BCUT2D eigenvalue weighted by Gasteiger charge is -2.16. The lowest BCUT2D eigenvalue weighted by Crippen LogP contribution is -2.41. The monoisotopic (exact) mass is 277 g/mol. The Bertz CT molecular complexity index is 505. The fourth-order valence-electron chi connectivity index (χ4n) is 1.79. The second kappa shape index (κ2) is 6.84. The second-order valence-corrected chi connectivity index (χ2v) is 5.13. The molecule has 0 saturated carbocycles. The predicted octanol–water partition coefficient (Wildman–Crippen LogP) is 2.12. The topological polar surface area (TPSA) is 83.5 Å². The molecule has 1 atom stereocenters. The first-order valence-corrected chi connectivity index (χ1v) is 6.46. The highest BCUT2D eigenvalue weighted by molar-refractivity contribution is 5.98. The first kappa shape index (κ1) is 15.9. The summed E-state index contributed by atoms with van der Waals surface area (Å²) >= 11 is 0. The van der Waals surface area contributed by atoms with E-state index in [-0.39, 0.29) is 11.7 Å². The van der Waals surface area contributed by atoms with Crippen LogP contribution in [0.2, 0.25) is 0 Å². The molecule has 0 aliphatic heterocycles. The van der Waals surface area contributed by atoms with Crippen molar-refractivity contribution in [2.45, 2.75) is 33.2 Å². The number of amides is 1. The molecule has 0 spiro atoms. The average Bonchev–Trinajstić information content (AvgIpc) is 2.37. The number of hydrogen-bond acceptors (Lipinski definition) is 3. The molecular formula is C15H19NO4. The maximum atomic E-state index is 12.0. The summed E-state index contributed by atoms with van der Waals surface area (Å²) in [5.41, 5.74) is 0.850. The van der Waals surface area contributed by atoms with Gasteiger partial charge in [-0.15, -0.1) is 0 Å². The van der Waals surface area contributed by atoms with E-state index in [0.717, 1.165) is 0 Å². The van der Waals surface area contributed by atoms with Crippen molar-refractivity contribution in [2.75, 3.05) is 0 Å². The van der Waals surface area contributed by atoms with Gasteiger partial charge in [-0.1, -0.05) is 26.0 Å². The molecule has 1 rings (SSSR count). The van der Waals surface area contributed by atoms with Crippen LogP contribution in [-0.4, -0.2) is 28.8 Å². The fourth-order valence-corrected chi connectivity index (χ4v) is 1.79. The Morgan fingerprint density at radius 3 is 2.00 bits per heavy atom. The van der Waals surface area contributed by atoms with Crippen molar-refractivity contribution in [1.29, 1.82) is 0 Å². The highest BCUT2D eigenvalue weighted by atomic mass is 16.4. The van der Waals surface area contributed by atoms with Gasteiger partial charge >= 0.3 is 5.97 Å². The molecule has 5 heteroatoms. The summed E-state index contributed by atoms with van der Waals surface area (Å²) in [7, 11) is 0. The van der Waals surface area contributed by atoms with Crippen molar-refractivity contribution >= 4 is 17.7 Å². The normalized spacial score (nSPS) is 12.0. The van der Waals surface area contributed by atoms with Crippen LogP contribution in [0.15, 0.2) is 24.3 Å². The summed E-state index contributed by atoms with van der Waals surface area (Å²) in [6.45, 7) is 5.23. The lowest BCUT2D eigenvalue weighted by atomic mass is 10.0. The molecular weight excluding hydrogens is 258 g/mol. The quantitative estimate of drug-likeness (QED) is 0.780. The minimum Gasteiger partial charge on any atom is -0.480 e. The predicted molar refractivity (Wildman–Crippen MR) is 74.8 cm³/mol. The maximum absolute atomic E-state index is 12.0. The summed E-state index contributed by atoms with van der Waals surface area (Å²) < 4.78 is 0. The second-order valence-electron chi connectivity index (χ2n) is 5.13.